The van der Waals surface area contributed by atoms with Crippen LogP contribution in [0.15, 0.2) is 40.9 Å². The summed E-state index contributed by atoms with van der Waals surface area (Å²) in [5.41, 5.74) is 2.32. The van der Waals surface area contributed by atoms with Crippen LogP contribution in [0.5, 0.6) is 0 Å². The van der Waals surface area contributed by atoms with Crippen molar-refractivity contribution in [3.63, 3.8) is 0 Å². The number of carbonyl (C=O) groups is 2. The number of aromatic nitrogens is 3. The third-order valence-corrected chi connectivity index (χ3v) is 5.05. The first-order chi connectivity index (χ1) is 14.7. The Bertz CT molecular complexity index is 1120. The van der Waals surface area contributed by atoms with Crippen LogP contribution in [0.4, 0.5) is 5.82 Å². The molecule has 3 rings (SSSR count). The standard InChI is InChI=1S/C21H21Cl2N5O3/c1-13-10-18(26-31-13)24-19(29)12-27(3)20(30)9-8-17-14(2)25-28(21(17)23)11-15-4-6-16(22)7-5-15/h4-10H,11-12H2,1-3H3,(H,24,26,29)/b9-8+. The highest BCUT2D eigenvalue weighted by atomic mass is 35.5. The van der Waals surface area contributed by atoms with Crippen molar-refractivity contribution in [3.05, 3.63) is 69.2 Å². The van der Waals surface area contributed by atoms with E-state index in [0.717, 1.165) is 5.56 Å². The second-order valence-corrected chi connectivity index (χ2v) is 7.77. The molecule has 8 nitrogen and oxygen atoms in total. The number of hydrogen-bond acceptors (Lipinski definition) is 5. The minimum atomic E-state index is -0.387. The molecule has 0 saturated carbocycles. The number of aryl methyl sites for hydroxylation is 2. The monoisotopic (exact) mass is 461 g/mol. The summed E-state index contributed by atoms with van der Waals surface area (Å²) in [5.74, 6) is 0.135. The first-order valence-corrected chi connectivity index (χ1v) is 10.1. The Kier molecular flexibility index (Phi) is 7.14. The van der Waals surface area contributed by atoms with E-state index in [4.69, 9.17) is 27.7 Å². The van der Waals surface area contributed by atoms with Crippen molar-refractivity contribution in [2.45, 2.75) is 20.4 Å². The second-order valence-electron chi connectivity index (χ2n) is 6.97. The lowest BCUT2D eigenvalue weighted by molar-refractivity contribution is -0.129. The molecule has 162 valence electrons. The highest BCUT2D eigenvalue weighted by Crippen LogP contribution is 2.23. The maximum absolute atomic E-state index is 12.4. The SMILES string of the molecule is Cc1cc(NC(=O)CN(C)C(=O)/C=C/c2c(C)nn(Cc3ccc(Cl)cc3)c2Cl)no1. The van der Waals surface area contributed by atoms with E-state index < -0.39 is 0 Å². The van der Waals surface area contributed by atoms with Gasteiger partial charge in [-0.2, -0.15) is 5.10 Å². The van der Waals surface area contributed by atoms with E-state index in [0.29, 0.717) is 39.6 Å². The molecule has 3 aromatic rings. The van der Waals surface area contributed by atoms with E-state index in [2.05, 4.69) is 15.6 Å². The topological polar surface area (TPSA) is 93.3 Å². The lowest BCUT2D eigenvalue weighted by Crippen LogP contribution is -2.33. The van der Waals surface area contributed by atoms with Gasteiger partial charge in [-0.15, -0.1) is 0 Å². The molecule has 1 aromatic carbocycles. The first kappa shape index (κ1) is 22.6. The Balaban J connectivity index is 1.62. The number of carbonyl (C=O) groups excluding carboxylic acids is 2. The number of anilines is 1. The van der Waals surface area contributed by atoms with Crippen molar-refractivity contribution in [1.29, 1.82) is 0 Å². The Morgan fingerprint density at radius 3 is 2.58 bits per heavy atom. The van der Waals surface area contributed by atoms with Crippen LogP contribution in [0, 0.1) is 13.8 Å². The van der Waals surface area contributed by atoms with Gasteiger partial charge in [-0.1, -0.05) is 40.5 Å². The number of nitrogens with zero attached hydrogens (tertiary/aromatic N) is 4. The molecule has 0 aliphatic rings. The minimum absolute atomic E-state index is 0.141. The second kappa shape index (κ2) is 9.80. The molecule has 0 aliphatic carbocycles. The van der Waals surface area contributed by atoms with Gasteiger partial charge in [-0.25, -0.2) is 4.68 Å². The average Bonchev–Trinajstić information content (AvgIpc) is 3.24. The van der Waals surface area contributed by atoms with E-state index in [1.54, 1.807) is 35.9 Å². The van der Waals surface area contributed by atoms with E-state index in [9.17, 15) is 9.59 Å². The molecule has 0 bridgehead atoms. The van der Waals surface area contributed by atoms with E-state index in [-0.39, 0.29) is 18.4 Å². The minimum Gasteiger partial charge on any atom is -0.360 e. The molecular weight excluding hydrogens is 441 g/mol. The van der Waals surface area contributed by atoms with Crippen molar-refractivity contribution in [2.24, 2.45) is 0 Å². The van der Waals surface area contributed by atoms with Crippen LogP contribution < -0.4 is 5.32 Å². The zero-order chi connectivity index (χ0) is 22.5. The molecule has 2 aromatic heterocycles. The normalized spacial score (nSPS) is 11.1. The summed E-state index contributed by atoms with van der Waals surface area (Å²) in [4.78, 5) is 25.7. The number of likely N-dealkylation sites (N-methyl/N-ethyl adjacent to an activating group) is 1. The highest BCUT2D eigenvalue weighted by molar-refractivity contribution is 6.31. The molecule has 1 N–H and O–H groups in total. The average molecular weight is 462 g/mol. The van der Waals surface area contributed by atoms with Crippen molar-refractivity contribution in [3.8, 4) is 0 Å². The molecule has 0 saturated heterocycles. The lowest BCUT2D eigenvalue weighted by Gasteiger charge is -2.13. The molecule has 10 heteroatoms. The van der Waals surface area contributed by atoms with Crippen LogP contribution in [0.3, 0.4) is 0 Å². The van der Waals surface area contributed by atoms with E-state index in [1.807, 2.05) is 19.1 Å². The van der Waals surface area contributed by atoms with Crippen LogP contribution in [0.1, 0.15) is 22.6 Å². The predicted octanol–water partition coefficient (Wildman–Crippen LogP) is 3.95. The van der Waals surface area contributed by atoms with Gasteiger partial charge >= 0.3 is 0 Å². The molecule has 0 aliphatic heterocycles. The van der Waals surface area contributed by atoms with Gasteiger partial charge in [0.05, 0.1) is 18.8 Å². The summed E-state index contributed by atoms with van der Waals surface area (Å²) >= 11 is 12.4. The summed E-state index contributed by atoms with van der Waals surface area (Å²) in [6.45, 7) is 3.86. The fourth-order valence-electron chi connectivity index (χ4n) is 2.81. The van der Waals surface area contributed by atoms with Crippen molar-refractivity contribution < 1.29 is 14.1 Å². The molecule has 0 unspecified atom stereocenters. The van der Waals surface area contributed by atoms with Crippen LogP contribution in [0.25, 0.3) is 6.08 Å². The summed E-state index contributed by atoms with van der Waals surface area (Å²) < 4.78 is 6.54. The Morgan fingerprint density at radius 1 is 1.23 bits per heavy atom. The fraction of sp³-hybridized carbons (Fsp3) is 0.238. The summed E-state index contributed by atoms with van der Waals surface area (Å²) in [7, 11) is 1.53. The summed E-state index contributed by atoms with van der Waals surface area (Å²) in [6, 6.07) is 8.99. The fourth-order valence-corrected chi connectivity index (χ4v) is 3.23. The lowest BCUT2D eigenvalue weighted by atomic mass is 10.2. The number of rotatable bonds is 7. The Labute approximate surface area is 189 Å². The molecule has 0 spiro atoms. The van der Waals surface area contributed by atoms with Crippen molar-refractivity contribution in [1.82, 2.24) is 19.8 Å². The molecule has 31 heavy (non-hydrogen) atoms. The van der Waals surface area contributed by atoms with Gasteiger partial charge in [0.1, 0.15) is 10.9 Å². The third kappa shape index (κ3) is 5.96. The van der Waals surface area contributed by atoms with Gasteiger partial charge in [-0.05, 0) is 37.6 Å². The number of amides is 2. The van der Waals surface area contributed by atoms with Crippen LogP contribution in [0.2, 0.25) is 10.2 Å². The quantitative estimate of drug-likeness (QED) is 0.537. The highest BCUT2D eigenvalue weighted by Gasteiger charge is 2.15. The largest absolute Gasteiger partial charge is 0.360 e. The van der Waals surface area contributed by atoms with Gasteiger partial charge < -0.3 is 14.7 Å². The number of benzene rings is 1. The number of nitrogens with one attached hydrogen (secondary N) is 1. The summed E-state index contributed by atoms with van der Waals surface area (Å²) in [5, 5.41) is 11.8. The van der Waals surface area contributed by atoms with Gasteiger partial charge in [0.15, 0.2) is 5.82 Å². The zero-order valence-electron chi connectivity index (χ0n) is 17.2. The van der Waals surface area contributed by atoms with Gasteiger partial charge in [0, 0.05) is 29.8 Å². The van der Waals surface area contributed by atoms with Gasteiger partial charge in [0.25, 0.3) is 0 Å². The predicted molar refractivity (Wildman–Crippen MR) is 119 cm³/mol. The maximum Gasteiger partial charge on any atom is 0.246 e. The van der Waals surface area contributed by atoms with E-state index in [1.165, 1.54) is 18.0 Å². The zero-order valence-corrected chi connectivity index (χ0v) is 18.7. The first-order valence-electron chi connectivity index (χ1n) is 9.36. The van der Waals surface area contributed by atoms with Gasteiger partial charge in [-0.3, -0.25) is 9.59 Å². The van der Waals surface area contributed by atoms with Crippen LogP contribution in [-0.2, 0) is 16.1 Å². The van der Waals surface area contributed by atoms with Crippen molar-refractivity contribution >= 4 is 46.9 Å². The molecular formula is C21H21Cl2N5O3. The van der Waals surface area contributed by atoms with Crippen LogP contribution >= 0.6 is 23.2 Å². The van der Waals surface area contributed by atoms with Gasteiger partial charge in [0.2, 0.25) is 11.8 Å². The number of hydrogen-bond donors (Lipinski definition) is 1. The third-order valence-electron chi connectivity index (χ3n) is 4.40. The van der Waals surface area contributed by atoms with Crippen LogP contribution in [-0.4, -0.2) is 45.2 Å². The molecule has 0 atom stereocenters. The molecule has 0 radical (unpaired) electrons. The molecule has 2 heterocycles. The smallest absolute Gasteiger partial charge is 0.246 e. The molecule has 2 amide bonds. The number of halogens is 2. The maximum atomic E-state index is 12.4. The summed E-state index contributed by atoms with van der Waals surface area (Å²) in [6.07, 6.45) is 2.96. The Hall–Kier alpha value is -3.10. The van der Waals surface area contributed by atoms with E-state index >= 15 is 0 Å². The Morgan fingerprint density at radius 2 is 1.94 bits per heavy atom. The molecule has 0 fully saturated rings. The van der Waals surface area contributed by atoms with Crippen molar-refractivity contribution in [2.75, 3.05) is 18.9 Å².